The molecule has 1 fully saturated rings. The van der Waals surface area contributed by atoms with Gasteiger partial charge in [0.15, 0.2) is 5.82 Å². The number of nitrogens with one attached hydrogen (secondary N) is 2. The lowest BCUT2D eigenvalue weighted by Crippen LogP contribution is -2.45. The molecule has 204 valence electrons. The van der Waals surface area contributed by atoms with Crippen LogP contribution in [-0.2, 0) is 19.1 Å². The lowest BCUT2D eigenvalue weighted by atomic mass is 9.97. The van der Waals surface area contributed by atoms with Gasteiger partial charge < -0.3 is 19.7 Å². The van der Waals surface area contributed by atoms with Gasteiger partial charge in [0, 0.05) is 36.0 Å². The third-order valence-corrected chi connectivity index (χ3v) is 6.74. The Morgan fingerprint density at radius 2 is 1.97 bits per heavy atom. The number of amides is 2. The first kappa shape index (κ1) is 27.9. The Morgan fingerprint density at radius 3 is 2.69 bits per heavy atom. The van der Waals surface area contributed by atoms with E-state index in [0.29, 0.717) is 52.3 Å². The molecule has 11 heteroatoms. The predicted octanol–water partition coefficient (Wildman–Crippen LogP) is 5.48. The molecule has 39 heavy (non-hydrogen) atoms. The van der Waals surface area contributed by atoms with Crippen molar-refractivity contribution in [2.24, 2.45) is 11.3 Å². The molecule has 2 amide bonds. The fourth-order valence-electron chi connectivity index (χ4n) is 4.24. The topological polar surface area (TPSA) is 137 Å². The van der Waals surface area contributed by atoms with E-state index >= 15 is 0 Å². The third-order valence-electron chi connectivity index (χ3n) is 6.41. The van der Waals surface area contributed by atoms with E-state index in [0.717, 1.165) is 5.56 Å². The van der Waals surface area contributed by atoms with Crippen molar-refractivity contribution in [3.05, 3.63) is 47.0 Å². The van der Waals surface area contributed by atoms with Crippen LogP contribution in [-0.4, -0.2) is 52.4 Å². The highest BCUT2D eigenvalue weighted by molar-refractivity contribution is 6.33. The molecule has 4 rings (SSSR count). The minimum atomic E-state index is -1.05. The molecule has 0 aliphatic carbocycles. The average Bonchev–Trinajstić information content (AvgIpc) is 3.30. The second-order valence-electron chi connectivity index (χ2n) is 10.5. The van der Waals surface area contributed by atoms with Crippen LogP contribution in [0.5, 0.6) is 0 Å². The van der Waals surface area contributed by atoms with Crippen LogP contribution >= 0.6 is 11.6 Å². The maximum absolute atomic E-state index is 13.2. The van der Waals surface area contributed by atoms with E-state index in [9.17, 15) is 19.6 Å². The predicted molar refractivity (Wildman–Crippen MR) is 146 cm³/mol. The first-order chi connectivity index (χ1) is 18.5. The number of fused-ring (bicyclic) bond motifs is 1. The quantitative estimate of drug-likeness (QED) is 0.316. The average molecular weight is 552 g/mol. The first-order valence-corrected chi connectivity index (χ1v) is 13.0. The summed E-state index contributed by atoms with van der Waals surface area (Å²) < 4.78 is 10.5. The number of likely N-dealkylation sites (tertiary alicyclic amines) is 1. The molecule has 2 N–H and O–H groups in total. The molecule has 1 unspecified atom stereocenters. The molecule has 1 aliphatic heterocycles. The maximum atomic E-state index is 13.2. The van der Waals surface area contributed by atoms with Gasteiger partial charge in [-0.1, -0.05) is 17.7 Å². The van der Waals surface area contributed by atoms with Crippen LogP contribution in [0.3, 0.4) is 0 Å². The molecule has 2 atom stereocenters. The van der Waals surface area contributed by atoms with Crippen LogP contribution in [0.2, 0.25) is 5.02 Å². The zero-order chi connectivity index (χ0) is 28.3. The van der Waals surface area contributed by atoms with E-state index in [1.807, 2.05) is 18.2 Å². The summed E-state index contributed by atoms with van der Waals surface area (Å²) in [5.41, 5.74) is 1.94. The van der Waals surface area contributed by atoms with E-state index in [1.54, 1.807) is 39.0 Å². The SMILES string of the molecule is CC(OC(=O)N1CCC[C@@H](C(=O)Nc2n[nH]c3ccc(-c4cc(C#N)ccc4Cl)cc23)C1)OC(=O)C(C)(C)C. The molecule has 1 saturated heterocycles. The summed E-state index contributed by atoms with van der Waals surface area (Å²) in [6.45, 7) is 7.21. The molecule has 2 aromatic carbocycles. The van der Waals surface area contributed by atoms with Gasteiger partial charge in [0.2, 0.25) is 12.2 Å². The summed E-state index contributed by atoms with van der Waals surface area (Å²) in [6, 6.07) is 12.7. The van der Waals surface area contributed by atoms with Gasteiger partial charge in [0.1, 0.15) is 0 Å². The van der Waals surface area contributed by atoms with Crippen molar-refractivity contribution in [3.8, 4) is 17.2 Å². The number of hydrogen-bond acceptors (Lipinski definition) is 7. The molecule has 3 aromatic rings. The highest BCUT2D eigenvalue weighted by Gasteiger charge is 2.32. The number of halogens is 1. The Morgan fingerprint density at radius 1 is 1.21 bits per heavy atom. The summed E-state index contributed by atoms with van der Waals surface area (Å²) in [5, 5.41) is 20.5. The molecule has 0 spiro atoms. The molecule has 0 bridgehead atoms. The van der Waals surface area contributed by atoms with Crippen molar-refractivity contribution in [3.63, 3.8) is 0 Å². The Hall–Kier alpha value is -4.10. The van der Waals surface area contributed by atoms with Crippen LogP contribution in [0.1, 0.15) is 46.1 Å². The number of esters is 1. The van der Waals surface area contributed by atoms with E-state index in [2.05, 4.69) is 21.6 Å². The normalized spacial score (nSPS) is 16.3. The molecular weight excluding hydrogens is 522 g/mol. The first-order valence-electron chi connectivity index (χ1n) is 12.6. The van der Waals surface area contributed by atoms with Gasteiger partial charge in [0.25, 0.3) is 0 Å². The number of hydrogen-bond donors (Lipinski definition) is 2. The van der Waals surface area contributed by atoms with Crippen molar-refractivity contribution in [1.29, 1.82) is 5.26 Å². The van der Waals surface area contributed by atoms with Gasteiger partial charge in [-0.15, -0.1) is 0 Å². The van der Waals surface area contributed by atoms with Gasteiger partial charge >= 0.3 is 12.1 Å². The highest BCUT2D eigenvalue weighted by Crippen LogP contribution is 2.33. The van der Waals surface area contributed by atoms with Crippen molar-refractivity contribution in [2.75, 3.05) is 18.4 Å². The summed E-state index contributed by atoms with van der Waals surface area (Å²) in [6.07, 6.45) is -0.491. The van der Waals surface area contributed by atoms with Crippen molar-refractivity contribution in [1.82, 2.24) is 15.1 Å². The number of H-pyrrole nitrogens is 1. The van der Waals surface area contributed by atoms with Crippen LogP contribution < -0.4 is 5.32 Å². The third kappa shape index (κ3) is 6.49. The summed E-state index contributed by atoms with van der Waals surface area (Å²) in [4.78, 5) is 39.4. The number of nitrogens with zero attached hydrogens (tertiary/aromatic N) is 3. The number of rotatable bonds is 5. The van der Waals surface area contributed by atoms with Crippen molar-refractivity contribution >= 4 is 46.3 Å². The fraction of sp³-hybridized carbons (Fsp3) is 0.393. The zero-order valence-electron chi connectivity index (χ0n) is 22.2. The summed E-state index contributed by atoms with van der Waals surface area (Å²) in [5.74, 6) is -0.876. The Labute approximate surface area is 231 Å². The second-order valence-corrected chi connectivity index (χ2v) is 10.9. The largest absolute Gasteiger partial charge is 0.425 e. The summed E-state index contributed by atoms with van der Waals surface area (Å²) >= 11 is 6.38. The van der Waals surface area contributed by atoms with Gasteiger partial charge in [-0.3, -0.25) is 14.7 Å². The number of carbonyl (C=O) groups excluding carboxylic acids is 3. The van der Waals surface area contributed by atoms with E-state index in [4.69, 9.17) is 21.1 Å². The number of ether oxygens (including phenoxy) is 2. The zero-order valence-corrected chi connectivity index (χ0v) is 23.0. The lowest BCUT2D eigenvalue weighted by Gasteiger charge is -2.32. The van der Waals surface area contributed by atoms with Gasteiger partial charge in [-0.05, 0) is 69.5 Å². The van der Waals surface area contributed by atoms with Crippen molar-refractivity contribution < 1.29 is 23.9 Å². The monoisotopic (exact) mass is 551 g/mol. The van der Waals surface area contributed by atoms with Crippen LogP contribution in [0.25, 0.3) is 22.0 Å². The number of carbonyl (C=O) groups is 3. The molecule has 2 heterocycles. The second kappa shape index (κ2) is 11.3. The van der Waals surface area contributed by atoms with Gasteiger partial charge in [-0.2, -0.15) is 10.4 Å². The van der Waals surface area contributed by atoms with Crippen LogP contribution in [0.4, 0.5) is 10.6 Å². The number of nitriles is 1. The van der Waals surface area contributed by atoms with Crippen molar-refractivity contribution in [2.45, 2.75) is 46.8 Å². The Kier molecular flexibility index (Phi) is 8.11. The highest BCUT2D eigenvalue weighted by atomic mass is 35.5. The van der Waals surface area contributed by atoms with Gasteiger partial charge in [-0.25, -0.2) is 4.79 Å². The smallest absolute Gasteiger partial charge is 0.412 e. The molecular formula is C28H30ClN5O5. The van der Waals surface area contributed by atoms with Crippen LogP contribution in [0.15, 0.2) is 36.4 Å². The number of aromatic amines is 1. The molecule has 1 aliphatic rings. The maximum Gasteiger partial charge on any atom is 0.412 e. The minimum absolute atomic E-state index is 0.161. The van der Waals surface area contributed by atoms with E-state index in [1.165, 1.54) is 11.8 Å². The fourth-order valence-corrected chi connectivity index (χ4v) is 4.46. The number of anilines is 1. The number of piperidine rings is 1. The van der Waals surface area contributed by atoms with Gasteiger partial charge in [0.05, 0.1) is 28.5 Å². The van der Waals surface area contributed by atoms with E-state index in [-0.39, 0.29) is 12.5 Å². The minimum Gasteiger partial charge on any atom is -0.425 e. The Balaban J connectivity index is 1.43. The number of aromatic nitrogens is 2. The molecule has 1 aromatic heterocycles. The number of benzene rings is 2. The standard InChI is InChI=1S/C28H30ClN5O5/c1-16(38-26(36)28(2,3)4)39-27(37)34-11-5-6-19(15-34)25(35)31-24-21-13-18(8-10-23(21)32-33-24)20-12-17(14-30)7-9-22(20)29/h7-10,12-13,16,19H,5-6,11,15H2,1-4H3,(H2,31,32,33,35)/t16?,19-/m1/s1. The lowest BCUT2D eigenvalue weighted by molar-refractivity contribution is -0.175. The molecule has 0 radical (unpaired) electrons. The molecule has 0 saturated carbocycles. The Bertz CT molecular complexity index is 1450. The molecule has 10 nitrogen and oxygen atoms in total. The summed E-state index contributed by atoms with van der Waals surface area (Å²) in [7, 11) is 0. The van der Waals surface area contributed by atoms with Crippen LogP contribution in [0, 0.1) is 22.7 Å². The van der Waals surface area contributed by atoms with E-state index < -0.39 is 29.7 Å².